The maximum atomic E-state index is 12.7. The predicted molar refractivity (Wildman–Crippen MR) is 133 cm³/mol. The minimum Gasteiger partial charge on any atom is -0.346 e. The number of benzene rings is 1. The van der Waals surface area contributed by atoms with E-state index in [-0.39, 0.29) is 12.1 Å². The summed E-state index contributed by atoms with van der Waals surface area (Å²) in [6, 6.07) is 7.67. The third-order valence-electron chi connectivity index (χ3n) is 7.52. The number of fused-ring (bicyclic) bond motifs is 2. The Balaban J connectivity index is 1.50. The summed E-state index contributed by atoms with van der Waals surface area (Å²) >= 11 is 4.21. The molecule has 1 N–H and O–H groups in total. The summed E-state index contributed by atoms with van der Waals surface area (Å²) in [6.07, 6.45) is 2.15. The lowest BCUT2D eigenvalue weighted by Crippen LogP contribution is -2.56. The molecule has 3 aliphatic rings. The molecule has 0 spiro atoms. The Morgan fingerprint density at radius 1 is 1.19 bits per heavy atom. The molecule has 2 saturated heterocycles. The van der Waals surface area contributed by atoms with Crippen LogP contribution >= 0.6 is 23.5 Å². The van der Waals surface area contributed by atoms with E-state index in [1.807, 2.05) is 18.7 Å². The number of carbonyl (C=O) groups is 1. The van der Waals surface area contributed by atoms with E-state index in [4.69, 9.17) is 0 Å². The van der Waals surface area contributed by atoms with Crippen molar-refractivity contribution >= 4 is 40.5 Å². The largest absolute Gasteiger partial charge is 0.346 e. The third kappa shape index (κ3) is 3.57. The number of urea groups is 1. The molecule has 3 heterocycles. The summed E-state index contributed by atoms with van der Waals surface area (Å²) < 4.78 is 3.04. The summed E-state index contributed by atoms with van der Waals surface area (Å²) in [4.78, 5) is 17.1. The van der Waals surface area contributed by atoms with Gasteiger partial charge >= 0.3 is 6.03 Å². The van der Waals surface area contributed by atoms with Gasteiger partial charge in [-0.1, -0.05) is 12.1 Å². The van der Waals surface area contributed by atoms with Crippen LogP contribution in [0.5, 0.6) is 0 Å². The Kier molecular flexibility index (Phi) is 5.95. The maximum absolute atomic E-state index is 12.7. The standard InChI is InChI=1S/C24H34N4OS2/c1-5-28(6-2)24(29)25-15-12-17-16-8-7-9-19-21(16)18(13-20(17)26(3)14-15)22(27(19)4)23-30-10-11-31-23/h7-9,15,17,20,23H,5-6,10-14H2,1-4H3,(H,25,29)/t15-,17+,20+/m0/s1. The Bertz CT molecular complexity index is 980. The van der Waals surface area contributed by atoms with E-state index in [2.05, 4.69) is 70.6 Å². The molecule has 2 fully saturated rings. The average molecular weight is 459 g/mol. The zero-order valence-electron chi connectivity index (χ0n) is 19.1. The molecular weight excluding hydrogens is 424 g/mol. The first-order chi connectivity index (χ1) is 15.0. The second-order valence-electron chi connectivity index (χ2n) is 9.11. The SMILES string of the molecule is CCN(CC)C(=O)N[C@H]1C[C@@H]2c3cccc4c3c(c(C3SCCS3)n4C)C[C@H]2N(C)C1. The van der Waals surface area contributed by atoms with Crippen LogP contribution in [0.25, 0.3) is 10.9 Å². The van der Waals surface area contributed by atoms with Crippen LogP contribution in [0, 0.1) is 0 Å². The molecule has 0 unspecified atom stereocenters. The highest BCUT2D eigenvalue weighted by atomic mass is 32.2. The number of amides is 2. The highest BCUT2D eigenvalue weighted by Gasteiger charge is 2.42. The van der Waals surface area contributed by atoms with Crippen LogP contribution in [0.2, 0.25) is 0 Å². The minimum atomic E-state index is 0.0776. The molecule has 1 aromatic heterocycles. The Morgan fingerprint density at radius 2 is 1.94 bits per heavy atom. The van der Waals surface area contributed by atoms with E-state index in [0.717, 1.165) is 32.5 Å². The molecule has 7 heteroatoms. The monoisotopic (exact) mass is 458 g/mol. The fourth-order valence-electron chi connectivity index (χ4n) is 6.01. The van der Waals surface area contributed by atoms with Gasteiger partial charge in [-0.25, -0.2) is 4.79 Å². The second-order valence-corrected chi connectivity index (χ2v) is 11.8. The van der Waals surface area contributed by atoms with Gasteiger partial charge in [0.2, 0.25) is 0 Å². The van der Waals surface area contributed by atoms with Crippen molar-refractivity contribution in [1.82, 2.24) is 19.7 Å². The molecule has 0 saturated carbocycles. The van der Waals surface area contributed by atoms with E-state index in [0.29, 0.717) is 16.5 Å². The fraction of sp³-hybridized carbons (Fsp3) is 0.625. The van der Waals surface area contributed by atoms with Gasteiger partial charge in [0.25, 0.3) is 0 Å². The number of aromatic nitrogens is 1. The van der Waals surface area contributed by atoms with Crippen LogP contribution < -0.4 is 5.32 Å². The lowest BCUT2D eigenvalue weighted by atomic mass is 9.73. The molecule has 1 aliphatic carbocycles. The number of likely N-dealkylation sites (N-methyl/N-ethyl adjacent to an activating group) is 1. The van der Waals surface area contributed by atoms with Crippen LogP contribution in [-0.2, 0) is 13.5 Å². The molecule has 3 atom stereocenters. The number of nitrogens with zero attached hydrogens (tertiary/aromatic N) is 3. The molecule has 0 bridgehead atoms. The quantitative estimate of drug-likeness (QED) is 0.736. The van der Waals surface area contributed by atoms with Crippen molar-refractivity contribution in [3.05, 3.63) is 35.0 Å². The van der Waals surface area contributed by atoms with Crippen LogP contribution in [0.15, 0.2) is 18.2 Å². The van der Waals surface area contributed by atoms with Crippen molar-refractivity contribution < 1.29 is 4.79 Å². The normalized spacial score (nSPS) is 26.3. The molecule has 2 amide bonds. The summed E-state index contributed by atoms with van der Waals surface area (Å²) in [7, 11) is 4.51. The van der Waals surface area contributed by atoms with Crippen LogP contribution in [0.4, 0.5) is 4.79 Å². The number of aryl methyl sites for hydroxylation is 1. The van der Waals surface area contributed by atoms with Crippen LogP contribution in [0.3, 0.4) is 0 Å². The molecule has 1 aromatic carbocycles. The van der Waals surface area contributed by atoms with Crippen LogP contribution in [0.1, 0.15) is 47.6 Å². The Hall–Kier alpha value is -1.31. The van der Waals surface area contributed by atoms with E-state index in [9.17, 15) is 4.79 Å². The second kappa shape index (κ2) is 8.56. The number of hydrogen-bond acceptors (Lipinski definition) is 4. The number of thioether (sulfide) groups is 2. The number of piperidine rings is 1. The van der Waals surface area contributed by atoms with Crippen molar-refractivity contribution in [3.8, 4) is 0 Å². The van der Waals surface area contributed by atoms with Crippen molar-refractivity contribution in [2.45, 2.75) is 49.3 Å². The number of rotatable bonds is 4. The van der Waals surface area contributed by atoms with Gasteiger partial charge in [-0.3, -0.25) is 0 Å². The van der Waals surface area contributed by atoms with Crippen LogP contribution in [-0.4, -0.2) is 70.7 Å². The fourth-order valence-corrected chi connectivity index (χ4v) is 9.09. The third-order valence-corrected chi connectivity index (χ3v) is 10.5. The van der Waals surface area contributed by atoms with E-state index in [1.54, 1.807) is 11.3 Å². The lowest BCUT2D eigenvalue weighted by molar-refractivity contribution is 0.124. The maximum Gasteiger partial charge on any atom is 0.317 e. The zero-order valence-corrected chi connectivity index (χ0v) is 20.7. The lowest BCUT2D eigenvalue weighted by Gasteiger charge is -2.46. The van der Waals surface area contributed by atoms with Crippen molar-refractivity contribution in [2.24, 2.45) is 7.05 Å². The summed E-state index contributed by atoms with van der Waals surface area (Å²) in [5, 5.41) is 4.83. The first-order valence-corrected chi connectivity index (χ1v) is 13.7. The summed E-state index contributed by atoms with van der Waals surface area (Å²) in [5.74, 6) is 2.97. The Labute approximate surface area is 194 Å². The van der Waals surface area contributed by atoms with Gasteiger partial charge in [-0.05, 0) is 50.9 Å². The average Bonchev–Trinajstić information content (AvgIpc) is 3.37. The van der Waals surface area contributed by atoms with E-state index >= 15 is 0 Å². The highest BCUT2D eigenvalue weighted by molar-refractivity contribution is 8.19. The van der Waals surface area contributed by atoms with Crippen molar-refractivity contribution in [2.75, 3.05) is 38.2 Å². The number of carbonyl (C=O) groups excluding carboxylic acids is 1. The molecule has 31 heavy (non-hydrogen) atoms. The number of nitrogens with one attached hydrogen (secondary N) is 1. The first-order valence-electron chi connectivity index (χ1n) is 11.6. The van der Waals surface area contributed by atoms with Gasteiger partial charge in [0.1, 0.15) is 0 Å². The first kappa shape index (κ1) is 21.5. The molecule has 2 aromatic rings. The number of likely N-dealkylation sites (tertiary alicyclic amines) is 1. The topological polar surface area (TPSA) is 40.5 Å². The van der Waals surface area contributed by atoms with Gasteiger partial charge in [0.15, 0.2) is 0 Å². The molecule has 0 radical (unpaired) electrons. The number of hydrogen-bond donors (Lipinski definition) is 1. The predicted octanol–water partition coefficient (Wildman–Crippen LogP) is 4.42. The van der Waals surface area contributed by atoms with E-state index < -0.39 is 0 Å². The summed E-state index contributed by atoms with van der Waals surface area (Å²) in [6.45, 7) is 6.52. The zero-order chi connectivity index (χ0) is 21.7. The Morgan fingerprint density at radius 3 is 2.65 bits per heavy atom. The molecular formula is C24H34N4OS2. The van der Waals surface area contributed by atoms with Gasteiger partial charge in [0, 0.05) is 72.8 Å². The minimum absolute atomic E-state index is 0.0776. The van der Waals surface area contributed by atoms with Crippen molar-refractivity contribution in [3.63, 3.8) is 0 Å². The smallest absolute Gasteiger partial charge is 0.317 e. The molecule has 168 valence electrons. The van der Waals surface area contributed by atoms with Crippen molar-refractivity contribution in [1.29, 1.82) is 0 Å². The van der Waals surface area contributed by atoms with Gasteiger partial charge < -0.3 is 19.7 Å². The van der Waals surface area contributed by atoms with Gasteiger partial charge in [0.05, 0.1) is 4.58 Å². The summed E-state index contributed by atoms with van der Waals surface area (Å²) in [5.41, 5.74) is 6.00. The van der Waals surface area contributed by atoms with Gasteiger partial charge in [-0.15, -0.1) is 23.5 Å². The van der Waals surface area contributed by atoms with Gasteiger partial charge in [-0.2, -0.15) is 0 Å². The highest BCUT2D eigenvalue weighted by Crippen LogP contribution is 2.52. The van der Waals surface area contributed by atoms with E-state index in [1.165, 1.54) is 28.0 Å². The molecule has 5 rings (SSSR count). The molecule has 5 nitrogen and oxygen atoms in total. The molecule has 2 aliphatic heterocycles.